The van der Waals surface area contributed by atoms with E-state index in [1.807, 2.05) is 5.32 Å². The smallest absolute Gasteiger partial charge is 0.326 e. The largest absolute Gasteiger partial charge is 0.481 e. The Bertz CT molecular complexity index is 778. The second kappa shape index (κ2) is 14.6. The van der Waals surface area contributed by atoms with E-state index < -0.39 is 78.5 Å². The van der Waals surface area contributed by atoms with Gasteiger partial charge in [-0.2, -0.15) is 12.6 Å². The number of carboxylic acids is 2. The lowest BCUT2D eigenvalue weighted by molar-refractivity contribution is -0.143. The predicted octanol–water partition coefficient (Wildman–Crippen LogP) is -4.21. The van der Waals surface area contributed by atoms with E-state index in [2.05, 4.69) is 23.3 Å². The van der Waals surface area contributed by atoms with Gasteiger partial charge in [-0.3, -0.25) is 28.8 Å². The van der Waals surface area contributed by atoms with Gasteiger partial charge in [-0.05, 0) is 12.8 Å². The number of carbonyl (C=O) groups is 7. The molecule has 0 fully saturated rings. The molecule has 186 valence electrons. The number of nitrogens with one attached hydrogen (secondary N) is 3. The van der Waals surface area contributed by atoms with Crippen LogP contribution in [-0.4, -0.2) is 81.6 Å². The van der Waals surface area contributed by atoms with E-state index in [1.54, 1.807) is 0 Å². The van der Waals surface area contributed by atoms with Crippen LogP contribution >= 0.6 is 12.6 Å². The van der Waals surface area contributed by atoms with Gasteiger partial charge in [0.05, 0.1) is 12.5 Å². The van der Waals surface area contributed by atoms with Crippen LogP contribution in [0.15, 0.2) is 0 Å². The van der Waals surface area contributed by atoms with Crippen molar-refractivity contribution in [3.63, 3.8) is 0 Å². The summed E-state index contributed by atoms with van der Waals surface area (Å²) in [4.78, 5) is 81.0. The second-order valence-corrected chi connectivity index (χ2v) is 7.28. The summed E-state index contributed by atoms with van der Waals surface area (Å²) in [7, 11) is 0. The first-order valence-corrected chi connectivity index (χ1v) is 10.2. The van der Waals surface area contributed by atoms with Gasteiger partial charge in [-0.15, -0.1) is 0 Å². The standard InChI is InChI=1S/C17H28N6O9S/c18-7(1-3-11(19)24)14(28)21-8(2-4-13(26)27)15(29)23-10(6-33)16(30)22-9(17(31)32)5-12(20)25/h7-10,33H,1-6,18H2,(H2,19,24)(H2,20,25)(H,21,28)(H,22,30)(H,23,29)(H,26,27)(H,31,32). The van der Waals surface area contributed by atoms with Crippen LogP contribution in [0.4, 0.5) is 0 Å². The van der Waals surface area contributed by atoms with Crippen molar-refractivity contribution in [3.8, 4) is 0 Å². The lowest BCUT2D eigenvalue weighted by atomic mass is 10.1. The zero-order valence-electron chi connectivity index (χ0n) is 17.5. The monoisotopic (exact) mass is 492 g/mol. The van der Waals surface area contributed by atoms with Gasteiger partial charge < -0.3 is 43.4 Å². The molecule has 0 aliphatic carbocycles. The van der Waals surface area contributed by atoms with E-state index in [0.717, 1.165) is 0 Å². The van der Waals surface area contributed by atoms with Crippen LogP contribution in [0.2, 0.25) is 0 Å². The Labute approximate surface area is 193 Å². The highest BCUT2D eigenvalue weighted by Crippen LogP contribution is 2.03. The van der Waals surface area contributed by atoms with Crippen molar-refractivity contribution >= 4 is 54.1 Å². The van der Waals surface area contributed by atoms with Crippen molar-refractivity contribution in [2.75, 3.05) is 5.75 Å². The molecule has 0 aromatic heterocycles. The summed E-state index contributed by atoms with van der Waals surface area (Å²) in [6.07, 6.45) is -1.90. The zero-order valence-corrected chi connectivity index (χ0v) is 18.4. The molecule has 16 heteroatoms. The van der Waals surface area contributed by atoms with Gasteiger partial charge in [0, 0.05) is 18.6 Å². The fraction of sp³-hybridized carbons (Fsp3) is 0.588. The predicted molar refractivity (Wildman–Crippen MR) is 114 cm³/mol. The normalized spacial score (nSPS) is 14.1. The number of hydrogen-bond acceptors (Lipinski definition) is 9. The summed E-state index contributed by atoms with van der Waals surface area (Å²) < 4.78 is 0. The number of nitrogens with two attached hydrogens (primary N) is 3. The number of aliphatic carboxylic acids is 2. The maximum absolute atomic E-state index is 12.6. The second-order valence-electron chi connectivity index (χ2n) is 6.92. The molecule has 11 N–H and O–H groups in total. The summed E-state index contributed by atoms with van der Waals surface area (Å²) in [5.41, 5.74) is 15.6. The highest BCUT2D eigenvalue weighted by atomic mass is 32.1. The zero-order chi connectivity index (χ0) is 25.7. The first-order chi connectivity index (χ1) is 15.3. The summed E-state index contributed by atoms with van der Waals surface area (Å²) in [5, 5.41) is 24.5. The van der Waals surface area contributed by atoms with E-state index in [-0.39, 0.29) is 25.0 Å². The van der Waals surface area contributed by atoms with E-state index in [0.29, 0.717) is 0 Å². The maximum atomic E-state index is 12.6. The highest BCUT2D eigenvalue weighted by molar-refractivity contribution is 7.80. The number of carboxylic acid groups (broad SMARTS) is 2. The van der Waals surface area contributed by atoms with Crippen LogP contribution in [0.5, 0.6) is 0 Å². The topological polar surface area (TPSA) is 274 Å². The molecular formula is C17H28N6O9S. The van der Waals surface area contributed by atoms with Crippen LogP contribution in [0, 0.1) is 0 Å². The number of hydrogen-bond donors (Lipinski definition) is 9. The van der Waals surface area contributed by atoms with Crippen LogP contribution < -0.4 is 33.2 Å². The minimum atomic E-state index is -1.65. The minimum absolute atomic E-state index is 0.119. The van der Waals surface area contributed by atoms with E-state index in [4.69, 9.17) is 27.4 Å². The molecule has 5 amide bonds. The van der Waals surface area contributed by atoms with Crippen molar-refractivity contribution in [3.05, 3.63) is 0 Å². The van der Waals surface area contributed by atoms with Crippen LogP contribution in [0.25, 0.3) is 0 Å². The molecule has 0 bridgehead atoms. The van der Waals surface area contributed by atoms with Gasteiger partial charge >= 0.3 is 11.9 Å². The van der Waals surface area contributed by atoms with Gasteiger partial charge in [0.1, 0.15) is 18.1 Å². The lowest BCUT2D eigenvalue weighted by Gasteiger charge is -2.24. The quantitative estimate of drug-likeness (QED) is 0.0936. The number of primary amides is 2. The number of thiol groups is 1. The van der Waals surface area contributed by atoms with Crippen molar-refractivity contribution in [2.45, 2.75) is 56.3 Å². The molecule has 0 aromatic carbocycles. The molecule has 0 aliphatic rings. The van der Waals surface area contributed by atoms with Crippen LogP contribution in [-0.2, 0) is 33.6 Å². The molecule has 0 spiro atoms. The van der Waals surface area contributed by atoms with E-state index >= 15 is 0 Å². The summed E-state index contributed by atoms with van der Waals surface area (Å²) in [5.74, 6) is -7.63. The molecule has 4 unspecified atom stereocenters. The molecule has 0 saturated carbocycles. The van der Waals surface area contributed by atoms with Gasteiger partial charge in [0.15, 0.2) is 0 Å². The molecular weight excluding hydrogens is 464 g/mol. The summed E-state index contributed by atoms with van der Waals surface area (Å²) in [6, 6.07) is -5.69. The molecule has 0 rings (SSSR count). The first-order valence-electron chi connectivity index (χ1n) is 9.57. The summed E-state index contributed by atoms with van der Waals surface area (Å²) >= 11 is 3.92. The third-order valence-corrected chi connectivity index (χ3v) is 4.52. The van der Waals surface area contributed by atoms with Gasteiger partial charge in [-0.1, -0.05) is 0 Å². The molecule has 0 radical (unpaired) electrons. The van der Waals surface area contributed by atoms with E-state index in [1.165, 1.54) is 0 Å². The fourth-order valence-corrected chi connectivity index (χ4v) is 2.64. The average Bonchev–Trinajstić information content (AvgIpc) is 2.71. The molecule has 0 saturated heterocycles. The highest BCUT2D eigenvalue weighted by Gasteiger charge is 2.30. The molecule has 0 heterocycles. The average molecular weight is 493 g/mol. The van der Waals surface area contributed by atoms with Gasteiger partial charge in [0.2, 0.25) is 29.5 Å². The number of carbonyl (C=O) groups excluding carboxylic acids is 5. The molecule has 0 aromatic rings. The Morgan fingerprint density at radius 1 is 0.727 bits per heavy atom. The maximum Gasteiger partial charge on any atom is 0.326 e. The Morgan fingerprint density at radius 2 is 1.24 bits per heavy atom. The molecule has 33 heavy (non-hydrogen) atoms. The minimum Gasteiger partial charge on any atom is -0.481 e. The van der Waals surface area contributed by atoms with Crippen molar-refractivity contribution in [1.82, 2.24) is 16.0 Å². The molecule has 15 nitrogen and oxygen atoms in total. The SMILES string of the molecule is NC(=O)CCC(N)C(=O)NC(CCC(=O)O)C(=O)NC(CS)C(=O)NC(CC(N)=O)C(=O)O. The van der Waals surface area contributed by atoms with E-state index in [9.17, 15) is 33.6 Å². The van der Waals surface area contributed by atoms with Crippen molar-refractivity contribution < 1.29 is 43.8 Å². The van der Waals surface area contributed by atoms with Crippen molar-refractivity contribution in [1.29, 1.82) is 0 Å². The lowest BCUT2D eigenvalue weighted by Crippen LogP contribution is -2.58. The summed E-state index contributed by atoms with van der Waals surface area (Å²) in [6.45, 7) is 0. The first kappa shape index (κ1) is 29.6. The van der Waals surface area contributed by atoms with Gasteiger partial charge in [-0.25, -0.2) is 4.79 Å². The Kier molecular flexibility index (Phi) is 13.1. The Balaban J connectivity index is 5.31. The molecule has 0 aliphatic heterocycles. The van der Waals surface area contributed by atoms with Gasteiger partial charge in [0.25, 0.3) is 0 Å². The fourth-order valence-electron chi connectivity index (χ4n) is 2.38. The third-order valence-electron chi connectivity index (χ3n) is 4.15. The molecule has 4 atom stereocenters. The Hall–Kier alpha value is -3.40. The van der Waals surface area contributed by atoms with Crippen molar-refractivity contribution in [2.24, 2.45) is 17.2 Å². The third kappa shape index (κ3) is 12.3. The van der Waals surface area contributed by atoms with Crippen LogP contribution in [0.1, 0.15) is 32.1 Å². The van der Waals surface area contributed by atoms with Crippen LogP contribution in [0.3, 0.4) is 0 Å². The number of amides is 5. The Morgan fingerprint density at radius 3 is 1.70 bits per heavy atom. The number of rotatable bonds is 16.